The standard InChI is InChI=1S/C14H16FN3/c1-18-14(10-4-2-5-11(15)8-10)9-13(17-18)12-6-3-7-16-12/h2,4-5,8-9,12,16H,3,6-7H2,1H3. The monoisotopic (exact) mass is 245 g/mol. The number of nitrogens with zero attached hydrogens (tertiary/aromatic N) is 2. The van der Waals surface area contributed by atoms with Crippen LogP contribution >= 0.6 is 0 Å². The first kappa shape index (κ1) is 11.4. The van der Waals surface area contributed by atoms with Crippen molar-refractivity contribution in [2.24, 2.45) is 7.05 Å². The zero-order valence-corrected chi connectivity index (χ0v) is 10.4. The van der Waals surface area contributed by atoms with Crippen LogP contribution in [0.3, 0.4) is 0 Å². The number of rotatable bonds is 2. The van der Waals surface area contributed by atoms with Gasteiger partial charge in [0.1, 0.15) is 5.82 Å². The average molecular weight is 245 g/mol. The molecule has 1 unspecified atom stereocenters. The summed E-state index contributed by atoms with van der Waals surface area (Å²) in [6.45, 7) is 1.05. The van der Waals surface area contributed by atoms with Crippen LogP contribution in [0.15, 0.2) is 30.3 Å². The highest BCUT2D eigenvalue weighted by Gasteiger charge is 2.20. The molecule has 3 nitrogen and oxygen atoms in total. The number of aryl methyl sites for hydroxylation is 1. The fourth-order valence-corrected chi connectivity index (χ4v) is 2.51. The first-order valence-corrected chi connectivity index (χ1v) is 6.27. The van der Waals surface area contributed by atoms with Gasteiger partial charge in [0.15, 0.2) is 0 Å². The third kappa shape index (κ3) is 2.04. The summed E-state index contributed by atoms with van der Waals surface area (Å²) in [5.41, 5.74) is 2.88. The lowest BCUT2D eigenvalue weighted by atomic mass is 10.1. The normalized spacial score (nSPS) is 19.3. The lowest BCUT2D eigenvalue weighted by Gasteiger charge is -2.04. The first-order valence-electron chi connectivity index (χ1n) is 6.27. The first-order chi connectivity index (χ1) is 8.74. The molecular formula is C14H16FN3. The molecule has 1 N–H and O–H groups in total. The van der Waals surface area contributed by atoms with Crippen LogP contribution in [0.4, 0.5) is 4.39 Å². The maximum atomic E-state index is 13.3. The topological polar surface area (TPSA) is 29.9 Å². The Hall–Kier alpha value is -1.68. The molecular weight excluding hydrogens is 229 g/mol. The molecule has 3 rings (SSSR count). The second-order valence-corrected chi connectivity index (χ2v) is 4.74. The Morgan fingerprint density at radius 3 is 3.00 bits per heavy atom. The largest absolute Gasteiger partial charge is 0.309 e. The summed E-state index contributed by atoms with van der Waals surface area (Å²) in [5.74, 6) is -0.214. The van der Waals surface area contributed by atoms with Crippen LogP contribution in [0.5, 0.6) is 0 Å². The molecule has 1 aliphatic heterocycles. The van der Waals surface area contributed by atoms with E-state index >= 15 is 0 Å². The molecule has 0 radical (unpaired) electrons. The molecule has 1 atom stereocenters. The van der Waals surface area contributed by atoms with Gasteiger partial charge >= 0.3 is 0 Å². The zero-order valence-electron chi connectivity index (χ0n) is 10.4. The van der Waals surface area contributed by atoms with E-state index in [0.29, 0.717) is 6.04 Å². The summed E-state index contributed by atoms with van der Waals surface area (Å²) in [6, 6.07) is 9.04. The van der Waals surface area contributed by atoms with Crippen LogP contribution in [0, 0.1) is 5.82 Å². The molecule has 1 aromatic heterocycles. The van der Waals surface area contributed by atoms with Crippen LogP contribution in [0.25, 0.3) is 11.3 Å². The number of benzene rings is 1. The molecule has 0 bridgehead atoms. The smallest absolute Gasteiger partial charge is 0.123 e. The summed E-state index contributed by atoms with van der Waals surface area (Å²) in [7, 11) is 1.90. The quantitative estimate of drug-likeness (QED) is 0.881. The van der Waals surface area contributed by atoms with E-state index < -0.39 is 0 Å². The van der Waals surface area contributed by atoms with Gasteiger partial charge in [-0.3, -0.25) is 4.68 Å². The summed E-state index contributed by atoms with van der Waals surface area (Å²) in [6.07, 6.45) is 2.32. The minimum absolute atomic E-state index is 0.214. The molecule has 1 aromatic carbocycles. The average Bonchev–Trinajstić information content (AvgIpc) is 2.97. The second kappa shape index (κ2) is 4.53. The van der Waals surface area contributed by atoms with Gasteiger partial charge in [0.05, 0.1) is 17.4 Å². The van der Waals surface area contributed by atoms with Gasteiger partial charge in [-0.15, -0.1) is 0 Å². The van der Waals surface area contributed by atoms with E-state index in [1.165, 1.54) is 12.5 Å². The van der Waals surface area contributed by atoms with Gasteiger partial charge in [-0.25, -0.2) is 4.39 Å². The SMILES string of the molecule is Cn1nc(C2CCCN2)cc1-c1cccc(F)c1. The molecule has 1 aliphatic rings. The number of hydrogen-bond donors (Lipinski definition) is 1. The zero-order chi connectivity index (χ0) is 12.5. The third-order valence-electron chi connectivity index (χ3n) is 3.44. The fraction of sp³-hybridized carbons (Fsp3) is 0.357. The molecule has 0 aliphatic carbocycles. The Morgan fingerprint density at radius 2 is 2.28 bits per heavy atom. The lowest BCUT2D eigenvalue weighted by molar-refractivity contribution is 0.607. The van der Waals surface area contributed by atoms with Crippen molar-refractivity contribution in [1.82, 2.24) is 15.1 Å². The highest BCUT2D eigenvalue weighted by molar-refractivity contribution is 5.60. The van der Waals surface area contributed by atoms with Crippen molar-refractivity contribution in [1.29, 1.82) is 0 Å². The molecule has 1 saturated heterocycles. The summed E-state index contributed by atoms with van der Waals surface area (Å²) in [4.78, 5) is 0. The molecule has 0 amide bonds. The van der Waals surface area contributed by atoms with Gasteiger partial charge < -0.3 is 5.32 Å². The maximum absolute atomic E-state index is 13.3. The minimum atomic E-state index is -0.214. The Kier molecular flexibility index (Phi) is 2.88. The highest BCUT2D eigenvalue weighted by Crippen LogP contribution is 2.27. The van der Waals surface area contributed by atoms with Crippen molar-refractivity contribution in [3.8, 4) is 11.3 Å². The van der Waals surface area contributed by atoms with Gasteiger partial charge in [-0.1, -0.05) is 12.1 Å². The van der Waals surface area contributed by atoms with E-state index in [4.69, 9.17) is 0 Å². The summed E-state index contributed by atoms with van der Waals surface area (Å²) in [5, 5.41) is 7.96. The molecule has 0 spiro atoms. The molecule has 18 heavy (non-hydrogen) atoms. The molecule has 0 saturated carbocycles. The van der Waals surface area contributed by atoms with Crippen molar-refractivity contribution < 1.29 is 4.39 Å². The Morgan fingerprint density at radius 1 is 1.39 bits per heavy atom. The van der Waals surface area contributed by atoms with Crippen molar-refractivity contribution in [3.05, 3.63) is 41.8 Å². The van der Waals surface area contributed by atoms with Gasteiger partial charge in [0, 0.05) is 12.6 Å². The lowest BCUT2D eigenvalue weighted by Crippen LogP contribution is -2.13. The van der Waals surface area contributed by atoms with Crippen molar-refractivity contribution in [2.45, 2.75) is 18.9 Å². The van der Waals surface area contributed by atoms with Crippen LogP contribution in [-0.2, 0) is 7.05 Å². The van der Waals surface area contributed by atoms with Gasteiger partial charge in [-0.05, 0) is 37.6 Å². The van der Waals surface area contributed by atoms with Crippen molar-refractivity contribution >= 4 is 0 Å². The molecule has 4 heteroatoms. The minimum Gasteiger partial charge on any atom is -0.309 e. The van der Waals surface area contributed by atoms with E-state index in [1.54, 1.807) is 12.1 Å². The third-order valence-corrected chi connectivity index (χ3v) is 3.44. The predicted octanol–water partition coefficient (Wildman–Crippen LogP) is 2.65. The van der Waals surface area contributed by atoms with Crippen LogP contribution in [0.2, 0.25) is 0 Å². The van der Waals surface area contributed by atoms with E-state index in [1.807, 2.05) is 17.8 Å². The van der Waals surface area contributed by atoms with Crippen molar-refractivity contribution in [3.63, 3.8) is 0 Å². The van der Waals surface area contributed by atoms with Gasteiger partial charge in [-0.2, -0.15) is 5.10 Å². The number of nitrogens with one attached hydrogen (secondary N) is 1. The molecule has 94 valence electrons. The van der Waals surface area contributed by atoms with Crippen molar-refractivity contribution in [2.75, 3.05) is 6.54 Å². The Bertz CT molecular complexity index is 556. The Labute approximate surface area is 106 Å². The van der Waals surface area contributed by atoms with Crippen LogP contribution in [0.1, 0.15) is 24.6 Å². The molecule has 2 heterocycles. The van der Waals surface area contributed by atoms with E-state index in [2.05, 4.69) is 16.5 Å². The highest BCUT2D eigenvalue weighted by atomic mass is 19.1. The fourth-order valence-electron chi connectivity index (χ4n) is 2.51. The summed E-state index contributed by atoms with van der Waals surface area (Å²) >= 11 is 0. The maximum Gasteiger partial charge on any atom is 0.123 e. The summed E-state index contributed by atoms with van der Waals surface area (Å²) < 4.78 is 15.1. The van der Waals surface area contributed by atoms with Gasteiger partial charge in [0.2, 0.25) is 0 Å². The van der Waals surface area contributed by atoms with Gasteiger partial charge in [0.25, 0.3) is 0 Å². The number of halogens is 1. The molecule has 2 aromatic rings. The van der Waals surface area contributed by atoms with Crippen LogP contribution < -0.4 is 5.32 Å². The van der Waals surface area contributed by atoms with E-state index in [9.17, 15) is 4.39 Å². The molecule has 1 fully saturated rings. The van der Waals surface area contributed by atoms with Crippen LogP contribution in [-0.4, -0.2) is 16.3 Å². The number of aromatic nitrogens is 2. The number of hydrogen-bond acceptors (Lipinski definition) is 2. The Balaban J connectivity index is 1.97. The predicted molar refractivity (Wildman–Crippen MR) is 68.6 cm³/mol. The van der Waals surface area contributed by atoms with E-state index in [0.717, 1.165) is 29.9 Å². The van der Waals surface area contributed by atoms with E-state index in [-0.39, 0.29) is 5.82 Å². The second-order valence-electron chi connectivity index (χ2n) is 4.74.